The minimum atomic E-state index is -0.647. The number of benzene rings is 2. The van der Waals surface area contributed by atoms with Gasteiger partial charge in [-0.15, -0.1) is 0 Å². The Kier molecular flexibility index (Phi) is 6.44. The lowest BCUT2D eigenvalue weighted by molar-refractivity contribution is -0.384. The number of nitro benzene ring substituents is 1. The van der Waals surface area contributed by atoms with E-state index in [0.29, 0.717) is 10.6 Å². The van der Waals surface area contributed by atoms with Crippen LogP contribution >= 0.6 is 55.1 Å². The van der Waals surface area contributed by atoms with Crippen molar-refractivity contribution < 1.29 is 19.3 Å². The number of non-ortho nitro benzene ring substituents is 1. The van der Waals surface area contributed by atoms with Crippen molar-refractivity contribution in [2.75, 3.05) is 0 Å². The average Bonchev–Trinajstić information content (AvgIpc) is 3.43. The van der Waals surface area contributed by atoms with Crippen molar-refractivity contribution in [3.05, 3.63) is 73.8 Å². The Morgan fingerprint density at radius 1 is 1.03 bits per heavy atom. The molecule has 182 valence electrons. The third-order valence-corrected chi connectivity index (χ3v) is 10.9. The first-order valence-electron chi connectivity index (χ1n) is 10.8. The number of alkyl halides is 2. The van der Waals surface area contributed by atoms with Crippen molar-refractivity contribution >= 4 is 78.5 Å². The van der Waals surface area contributed by atoms with Gasteiger partial charge >= 0.3 is 0 Å². The van der Waals surface area contributed by atoms with E-state index in [4.69, 9.17) is 23.2 Å². The second-order valence-corrected chi connectivity index (χ2v) is 11.9. The fourth-order valence-electron chi connectivity index (χ4n) is 5.49. The van der Waals surface area contributed by atoms with E-state index in [1.54, 1.807) is 12.1 Å². The fraction of sp³-hybridized carbons (Fsp3) is 0.348. The third kappa shape index (κ3) is 3.98. The van der Waals surface area contributed by atoms with Gasteiger partial charge in [0.05, 0.1) is 23.3 Å². The van der Waals surface area contributed by atoms with Gasteiger partial charge in [-0.25, -0.2) is 5.01 Å². The lowest BCUT2D eigenvalue weighted by Crippen LogP contribution is -2.50. The van der Waals surface area contributed by atoms with Crippen LogP contribution in [-0.2, 0) is 16.1 Å². The van der Waals surface area contributed by atoms with Crippen LogP contribution in [0.5, 0.6) is 0 Å². The standard InChI is InChI=1S/C23H17Br2Cl2N3O5/c24-19-14-8-15(20(19)25)18-17(14)22(32)29(23(18)33)28(9-11-1-4-12(26)7-16(11)27)21(31)10-2-5-13(6-3-10)30(34)35/h1-7,14-15,17-20H,8-9H2/t14-,15-,17-,18+,19-,20+/m1/s1. The molecule has 0 spiro atoms. The molecule has 5 rings (SSSR count). The van der Waals surface area contributed by atoms with Gasteiger partial charge in [-0.3, -0.25) is 24.5 Å². The van der Waals surface area contributed by atoms with Crippen LogP contribution in [-0.4, -0.2) is 42.3 Å². The van der Waals surface area contributed by atoms with Gasteiger partial charge in [0.25, 0.3) is 23.4 Å². The average molecular weight is 646 g/mol. The van der Waals surface area contributed by atoms with E-state index in [1.165, 1.54) is 30.3 Å². The first kappa shape index (κ1) is 24.7. The number of nitro groups is 1. The number of amides is 3. The minimum Gasteiger partial charge on any atom is -0.272 e. The molecule has 35 heavy (non-hydrogen) atoms. The van der Waals surface area contributed by atoms with Crippen molar-refractivity contribution in [1.82, 2.24) is 10.0 Å². The molecule has 2 bridgehead atoms. The number of fused-ring (bicyclic) bond motifs is 5. The second-order valence-electron chi connectivity index (χ2n) is 8.89. The normalized spacial score (nSPS) is 29.0. The Hall–Kier alpha value is -2.01. The SMILES string of the molecule is O=C(c1ccc([N+](=O)[O-])cc1)N(Cc1ccc(Cl)cc1Cl)N1C(=O)[C@@H]2[C@H]3C[C@@H]([C@H](Br)[C@@H]3Br)[C@@H]2C1=O. The molecular weight excluding hydrogens is 629 g/mol. The van der Waals surface area contributed by atoms with E-state index in [1.807, 2.05) is 0 Å². The molecule has 3 aliphatic rings. The highest BCUT2D eigenvalue weighted by atomic mass is 79.9. The van der Waals surface area contributed by atoms with Crippen molar-refractivity contribution in [2.24, 2.45) is 23.7 Å². The minimum absolute atomic E-state index is 0.0220. The summed E-state index contributed by atoms with van der Waals surface area (Å²) in [6, 6.07) is 9.75. The van der Waals surface area contributed by atoms with Gasteiger partial charge in [-0.05, 0) is 48.1 Å². The van der Waals surface area contributed by atoms with Gasteiger partial charge in [0.2, 0.25) is 0 Å². The van der Waals surface area contributed by atoms with Crippen LogP contribution in [0.1, 0.15) is 22.3 Å². The highest BCUT2D eigenvalue weighted by molar-refractivity contribution is 9.12. The summed E-state index contributed by atoms with van der Waals surface area (Å²) in [5, 5.41) is 13.7. The molecule has 8 nitrogen and oxygen atoms in total. The summed E-state index contributed by atoms with van der Waals surface area (Å²) in [4.78, 5) is 51.4. The summed E-state index contributed by atoms with van der Waals surface area (Å²) in [7, 11) is 0. The number of rotatable bonds is 5. The first-order valence-corrected chi connectivity index (χ1v) is 13.3. The van der Waals surface area contributed by atoms with Crippen molar-refractivity contribution in [2.45, 2.75) is 22.6 Å². The Morgan fingerprint density at radius 2 is 1.60 bits per heavy atom. The maximum Gasteiger partial charge on any atom is 0.273 e. The molecule has 3 amide bonds. The van der Waals surface area contributed by atoms with Gasteiger partial charge in [-0.1, -0.05) is 61.1 Å². The monoisotopic (exact) mass is 643 g/mol. The Balaban J connectivity index is 1.53. The van der Waals surface area contributed by atoms with E-state index in [9.17, 15) is 24.5 Å². The first-order chi connectivity index (χ1) is 16.6. The smallest absolute Gasteiger partial charge is 0.272 e. The maximum absolute atomic E-state index is 13.6. The van der Waals surface area contributed by atoms with Crippen molar-refractivity contribution in [3.63, 3.8) is 0 Å². The lowest BCUT2D eigenvalue weighted by atomic mass is 9.81. The van der Waals surface area contributed by atoms with Crippen LogP contribution in [0, 0.1) is 33.8 Å². The van der Waals surface area contributed by atoms with Gasteiger partial charge in [0.15, 0.2) is 0 Å². The summed E-state index contributed by atoms with van der Waals surface area (Å²) in [5.74, 6) is -2.56. The zero-order chi connectivity index (χ0) is 25.2. The van der Waals surface area contributed by atoms with Gasteiger partial charge < -0.3 is 0 Å². The quantitative estimate of drug-likeness (QED) is 0.192. The molecule has 12 heteroatoms. The second kappa shape index (κ2) is 9.14. The molecule has 0 radical (unpaired) electrons. The van der Waals surface area contributed by atoms with Crippen LogP contribution in [0.3, 0.4) is 0 Å². The zero-order valence-electron chi connectivity index (χ0n) is 17.8. The summed E-state index contributed by atoms with van der Waals surface area (Å²) in [5.41, 5.74) is 0.404. The summed E-state index contributed by atoms with van der Waals surface area (Å²) in [6.45, 7) is -0.159. The van der Waals surface area contributed by atoms with Crippen LogP contribution < -0.4 is 0 Å². The lowest BCUT2D eigenvalue weighted by Gasteiger charge is -2.31. The molecule has 1 aliphatic heterocycles. The van der Waals surface area contributed by atoms with E-state index in [0.717, 1.165) is 16.4 Å². The number of carbonyl (C=O) groups excluding carboxylic acids is 3. The Labute approximate surface area is 226 Å². The molecule has 1 heterocycles. The van der Waals surface area contributed by atoms with E-state index >= 15 is 0 Å². The van der Waals surface area contributed by atoms with E-state index in [-0.39, 0.29) is 44.3 Å². The molecule has 2 aliphatic carbocycles. The van der Waals surface area contributed by atoms with Gasteiger partial charge in [0.1, 0.15) is 0 Å². The van der Waals surface area contributed by atoms with Crippen molar-refractivity contribution in [3.8, 4) is 0 Å². The number of carbonyl (C=O) groups is 3. The molecule has 6 atom stereocenters. The molecule has 0 aromatic heterocycles. The highest BCUT2D eigenvalue weighted by Crippen LogP contribution is 2.60. The largest absolute Gasteiger partial charge is 0.273 e. The van der Waals surface area contributed by atoms with Gasteiger partial charge in [-0.2, -0.15) is 5.01 Å². The molecule has 0 unspecified atom stereocenters. The predicted octanol–water partition coefficient (Wildman–Crippen LogP) is 5.24. The molecular formula is C23H17Br2Cl2N3O5. The third-order valence-electron chi connectivity index (χ3n) is 7.10. The van der Waals surface area contributed by atoms with E-state index < -0.39 is 34.5 Å². The Morgan fingerprint density at radius 3 is 2.11 bits per heavy atom. The summed E-state index contributed by atoms with van der Waals surface area (Å²) >= 11 is 19.7. The molecule has 2 aromatic rings. The number of hydrogen-bond acceptors (Lipinski definition) is 5. The Bertz CT molecular complexity index is 1230. The molecule has 1 saturated heterocycles. The van der Waals surface area contributed by atoms with Gasteiger partial charge in [0, 0.05) is 37.4 Å². The van der Waals surface area contributed by atoms with Crippen LogP contribution in [0.4, 0.5) is 5.69 Å². The molecule has 2 aromatic carbocycles. The summed E-state index contributed by atoms with van der Waals surface area (Å²) < 4.78 is 0. The maximum atomic E-state index is 13.6. The number of imide groups is 1. The number of hydrazine groups is 1. The number of halogens is 4. The predicted molar refractivity (Wildman–Crippen MR) is 135 cm³/mol. The van der Waals surface area contributed by atoms with Crippen LogP contribution in [0.15, 0.2) is 42.5 Å². The molecule has 0 N–H and O–H groups in total. The summed E-state index contributed by atoms with van der Waals surface area (Å²) in [6.07, 6.45) is 0.756. The molecule has 3 fully saturated rings. The van der Waals surface area contributed by atoms with Crippen LogP contribution in [0.25, 0.3) is 0 Å². The number of hydrogen-bond donors (Lipinski definition) is 0. The molecule has 2 saturated carbocycles. The van der Waals surface area contributed by atoms with Crippen LogP contribution in [0.2, 0.25) is 10.0 Å². The number of nitrogens with zero attached hydrogens (tertiary/aromatic N) is 3. The topological polar surface area (TPSA) is 101 Å². The fourth-order valence-corrected chi connectivity index (χ4v) is 7.83. The van der Waals surface area contributed by atoms with E-state index in [2.05, 4.69) is 31.9 Å². The van der Waals surface area contributed by atoms with Crippen molar-refractivity contribution in [1.29, 1.82) is 0 Å². The highest BCUT2D eigenvalue weighted by Gasteiger charge is 2.67. The zero-order valence-corrected chi connectivity index (χ0v) is 22.5.